The Labute approximate surface area is 122 Å². The van der Waals surface area contributed by atoms with Gasteiger partial charge in [-0.3, -0.25) is 9.69 Å². The lowest BCUT2D eigenvalue weighted by Gasteiger charge is -2.14. The summed E-state index contributed by atoms with van der Waals surface area (Å²) in [6, 6.07) is 0. The maximum Gasteiger partial charge on any atom is 0.342 e. The van der Waals surface area contributed by atoms with Crippen molar-refractivity contribution in [3.8, 4) is 0 Å². The highest BCUT2D eigenvalue weighted by Crippen LogP contribution is 2.24. The first-order valence-corrected chi connectivity index (χ1v) is 6.90. The fourth-order valence-corrected chi connectivity index (χ4v) is 2.83. The first-order valence-electron chi connectivity index (χ1n) is 6.90. The lowest BCUT2D eigenvalue weighted by atomic mass is 9.99. The van der Waals surface area contributed by atoms with E-state index in [1.807, 2.05) is 6.92 Å². The molecule has 0 N–H and O–H groups in total. The normalized spacial score (nSPS) is 22.4. The lowest BCUT2D eigenvalue weighted by Crippen LogP contribution is -2.27. The largest absolute Gasteiger partial charge is 0.469 e. The molecule has 0 spiro atoms. The maximum atomic E-state index is 11.6. The number of ether oxygens (including phenoxy) is 1. The van der Waals surface area contributed by atoms with Gasteiger partial charge in [-0.15, -0.1) is 0 Å². The number of likely N-dealkylation sites (tertiary alicyclic amines) is 1. The summed E-state index contributed by atoms with van der Waals surface area (Å²) < 4.78 is 6.40. The molecular weight excluding hydrogens is 276 g/mol. The molecular formula is C13H20N4O4. The summed E-state index contributed by atoms with van der Waals surface area (Å²) in [6.07, 6.45) is 1.28. The standard InChI is InChI=1S/C13H20N4O4/c1-9-7-15(8-11(9)13(18)21-3)4-5-16-10(2)14-6-12(16)17(19)20/h6,9,11H,4-5,7-8H2,1-3H3. The van der Waals surface area contributed by atoms with Gasteiger partial charge in [-0.05, 0) is 10.8 Å². The van der Waals surface area contributed by atoms with Crippen LogP contribution in [0.3, 0.4) is 0 Å². The van der Waals surface area contributed by atoms with Gasteiger partial charge in [0.1, 0.15) is 12.7 Å². The third-order valence-electron chi connectivity index (χ3n) is 4.05. The van der Waals surface area contributed by atoms with Crippen LogP contribution in [0.2, 0.25) is 0 Å². The zero-order valence-corrected chi connectivity index (χ0v) is 12.5. The topological polar surface area (TPSA) is 90.5 Å². The Hall–Kier alpha value is -1.96. The van der Waals surface area contributed by atoms with Crippen molar-refractivity contribution in [2.45, 2.75) is 20.4 Å². The average molecular weight is 296 g/mol. The average Bonchev–Trinajstić information content (AvgIpc) is 2.99. The van der Waals surface area contributed by atoms with E-state index >= 15 is 0 Å². The summed E-state index contributed by atoms with van der Waals surface area (Å²) in [5, 5.41) is 10.9. The Balaban J connectivity index is 1.97. The van der Waals surface area contributed by atoms with Crippen molar-refractivity contribution in [3.05, 3.63) is 22.1 Å². The van der Waals surface area contributed by atoms with Gasteiger partial charge in [0.2, 0.25) is 0 Å². The van der Waals surface area contributed by atoms with Gasteiger partial charge in [0, 0.05) is 26.6 Å². The molecule has 2 heterocycles. The van der Waals surface area contributed by atoms with Crippen LogP contribution in [-0.2, 0) is 16.1 Å². The summed E-state index contributed by atoms with van der Waals surface area (Å²) in [4.78, 5) is 28.3. The Morgan fingerprint density at radius 2 is 2.24 bits per heavy atom. The van der Waals surface area contributed by atoms with E-state index in [1.165, 1.54) is 13.3 Å². The lowest BCUT2D eigenvalue weighted by molar-refractivity contribution is -0.392. The first kappa shape index (κ1) is 15.4. The predicted octanol–water partition coefficient (Wildman–Crippen LogP) is 0.841. The van der Waals surface area contributed by atoms with Crippen LogP contribution >= 0.6 is 0 Å². The SMILES string of the molecule is COC(=O)C1CN(CCn2c([N+](=O)[O-])cnc2C)CC1C. The summed E-state index contributed by atoms with van der Waals surface area (Å²) in [5.41, 5.74) is 0. The Morgan fingerprint density at radius 3 is 2.86 bits per heavy atom. The van der Waals surface area contributed by atoms with Gasteiger partial charge in [0.25, 0.3) is 0 Å². The van der Waals surface area contributed by atoms with Crippen LogP contribution in [0.5, 0.6) is 0 Å². The fourth-order valence-electron chi connectivity index (χ4n) is 2.83. The van der Waals surface area contributed by atoms with E-state index in [1.54, 1.807) is 11.5 Å². The van der Waals surface area contributed by atoms with Crippen LogP contribution in [0.15, 0.2) is 6.20 Å². The van der Waals surface area contributed by atoms with Gasteiger partial charge in [0.15, 0.2) is 5.82 Å². The van der Waals surface area contributed by atoms with Gasteiger partial charge in [-0.25, -0.2) is 9.55 Å². The van der Waals surface area contributed by atoms with Crippen LogP contribution < -0.4 is 0 Å². The Kier molecular flexibility index (Phi) is 4.56. The number of methoxy groups -OCH3 is 1. The second kappa shape index (κ2) is 6.21. The number of carbonyl (C=O) groups is 1. The number of rotatable bonds is 5. The number of nitrogens with zero attached hydrogens (tertiary/aromatic N) is 4. The zero-order valence-electron chi connectivity index (χ0n) is 12.5. The van der Waals surface area contributed by atoms with Gasteiger partial charge < -0.3 is 14.9 Å². The zero-order chi connectivity index (χ0) is 15.6. The molecule has 0 amide bonds. The monoisotopic (exact) mass is 296 g/mol. The van der Waals surface area contributed by atoms with E-state index in [9.17, 15) is 14.9 Å². The second-order valence-corrected chi connectivity index (χ2v) is 5.44. The van der Waals surface area contributed by atoms with Crippen molar-refractivity contribution in [2.24, 2.45) is 11.8 Å². The molecule has 1 saturated heterocycles. The van der Waals surface area contributed by atoms with Crippen molar-refractivity contribution >= 4 is 11.8 Å². The van der Waals surface area contributed by atoms with Crippen molar-refractivity contribution in [1.29, 1.82) is 0 Å². The van der Waals surface area contributed by atoms with Crippen LogP contribution in [0, 0.1) is 28.9 Å². The minimum absolute atomic E-state index is 0.00395. The molecule has 2 rings (SSSR count). The molecule has 1 aliphatic rings. The molecule has 0 saturated carbocycles. The van der Waals surface area contributed by atoms with Gasteiger partial charge in [-0.1, -0.05) is 6.92 Å². The molecule has 116 valence electrons. The van der Waals surface area contributed by atoms with Crippen LogP contribution in [0.4, 0.5) is 5.82 Å². The number of esters is 1. The van der Waals surface area contributed by atoms with E-state index < -0.39 is 4.92 Å². The highest BCUT2D eigenvalue weighted by molar-refractivity contribution is 5.73. The number of nitro groups is 1. The van der Waals surface area contributed by atoms with Crippen molar-refractivity contribution in [2.75, 3.05) is 26.7 Å². The number of carbonyl (C=O) groups excluding carboxylic acids is 1. The molecule has 0 bridgehead atoms. The Bertz CT molecular complexity index is 542. The molecule has 2 atom stereocenters. The van der Waals surface area contributed by atoms with Crippen LogP contribution in [0.25, 0.3) is 0 Å². The quantitative estimate of drug-likeness (QED) is 0.454. The van der Waals surface area contributed by atoms with E-state index in [0.717, 1.165) is 6.54 Å². The molecule has 0 aromatic carbocycles. The molecule has 1 fully saturated rings. The van der Waals surface area contributed by atoms with E-state index in [-0.39, 0.29) is 23.6 Å². The highest BCUT2D eigenvalue weighted by Gasteiger charge is 2.35. The first-order chi connectivity index (χ1) is 9.93. The molecule has 0 radical (unpaired) electrons. The molecule has 1 aliphatic heterocycles. The smallest absolute Gasteiger partial charge is 0.342 e. The molecule has 21 heavy (non-hydrogen) atoms. The summed E-state index contributed by atoms with van der Waals surface area (Å²) in [7, 11) is 1.40. The molecule has 1 aromatic heterocycles. The highest BCUT2D eigenvalue weighted by atomic mass is 16.6. The second-order valence-electron chi connectivity index (χ2n) is 5.44. The minimum atomic E-state index is -0.427. The third-order valence-corrected chi connectivity index (χ3v) is 4.05. The third kappa shape index (κ3) is 3.21. The molecule has 2 unspecified atom stereocenters. The van der Waals surface area contributed by atoms with Crippen molar-refractivity contribution < 1.29 is 14.5 Å². The molecule has 1 aromatic rings. The van der Waals surface area contributed by atoms with Crippen LogP contribution in [0.1, 0.15) is 12.7 Å². The predicted molar refractivity (Wildman–Crippen MR) is 74.7 cm³/mol. The summed E-state index contributed by atoms with van der Waals surface area (Å²) >= 11 is 0. The fraction of sp³-hybridized carbons (Fsp3) is 0.692. The van der Waals surface area contributed by atoms with Gasteiger partial charge >= 0.3 is 11.8 Å². The number of hydrogen-bond acceptors (Lipinski definition) is 6. The molecule has 8 nitrogen and oxygen atoms in total. The molecule has 8 heteroatoms. The van der Waals surface area contributed by atoms with Crippen molar-refractivity contribution in [3.63, 3.8) is 0 Å². The van der Waals surface area contributed by atoms with E-state index in [4.69, 9.17) is 4.74 Å². The van der Waals surface area contributed by atoms with Crippen molar-refractivity contribution in [1.82, 2.24) is 14.5 Å². The van der Waals surface area contributed by atoms with Gasteiger partial charge in [0.05, 0.1) is 13.0 Å². The Morgan fingerprint density at radius 1 is 1.52 bits per heavy atom. The number of hydrogen-bond donors (Lipinski definition) is 0. The summed E-state index contributed by atoms with van der Waals surface area (Å²) in [5.74, 6) is 0.558. The number of aromatic nitrogens is 2. The minimum Gasteiger partial charge on any atom is -0.469 e. The van der Waals surface area contributed by atoms with Gasteiger partial charge in [-0.2, -0.15) is 0 Å². The maximum absolute atomic E-state index is 11.6. The summed E-state index contributed by atoms with van der Waals surface area (Å²) in [6.45, 7) is 6.33. The number of imidazole rings is 1. The van der Waals surface area contributed by atoms with Crippen LogP contribution in [-0.4, -0.2) is 52.1 Å². The number of aryl methyl sites for hydroxylation is 1. The molecule has 0 aliphatic carbocycles. The van der Waals surface area contributed by atoms with E-state index in [2.05, 4.69) is 9.88 Å². The van der Waals surface area contributed by atoms with E-state index in [0.29, 0.717) is 25.5 Å².